The maximum absolute atomic E-state index is 12.8. The van der Waals surface area contributed by atoms with Gasteiger partial charge >= 0.3 is 11.7 Å². The van der Waals surface area contributed by atoms with Gasteiger partial charge in [-0.05, 0) is 67.8 Å². The second-order valence-corrected chi connectivity index (χ2v) is 10.4. The minimum Gasteiger partial charge on any atom is -0.462 e. The lowest BCUT2D eigenvalue weighted by Gasteiger charge is -2.59. The van der Waals surface area contributed by atoms with Crippen LogP contribution >= 0.6 is 0 Å². The van der Waals surface area contributed by atoms with Crippen LogP contribution in [0.2, 0.25) is 0 Å². The van der Waals surface area contributed by atoms with E-state index in [1.807, 2.05) is 30.3 Å². The summed E-state index contributed by atoms with van der Waals surface area (Å²) >= 11 is 0. The van der Waals surface area contributed by atoms with Gasteiger partial charge in [0.1, 0.15) is 11.3 Å². The van der Waals surface area contributed by atoms with Crippen LogP contribution in [0.25, 0.3) is 0 Å². The summed E-state index contributed by atoms with van der Waals surface area (Å²) in [4.78, 5) is 28.9. The number of ether oxygens (including phenoxy) is 1. The molecule has 9 nitrogen and oxygen atoms in total. The summed E-state index contributed by atoms with van der Waals surface area (Å²) in [6.07, 6.45) is 6.33. The van der Waals surface area contributed by atoms with Crippen molar-refractivity contribution in [2.24, 2.45) is 23.2 Å². The number of aliphatic hydroxyl groups is 1. The van der Waals surface area contributed by atoms with Crippen LogP contribution in [0.1, 0.15) is 54.9 Å². The second kappa shape index (κ2) is 9.45. The molecular weight excluding hydrogens is 448 g/mol. The van der Waals surface area contributed by atoms with Crippen molar-refractivity contribution in [3.63, 3.8) is 0 Å². The third-order valence-electron chi connectivity index (χ3n) is 8.08. The Kier molecular flexibility index (Phi) is 6.35. The van der Waals surface area contributed by atoms with Crippen molar-refractivity contribution in [3.05, 3.63) is 57.8 Å². The zero-order chi connectivity index (χ0) is 24.6. The first-order valence-electron chi connectivity index (χ1n) is 12.4. The molecule has 2 unspecified atom stereocenters. The van der Waals surface area contributed by atoms with E-state index in [-0.39, 0.29) is 47.4 Å². The first-order chi connectivity index (χ1) is 16.9. The lowest BCUT2D eigenvalue weighted by atomic mass is 9.48. The average molecular weight is 481 g/mol. The predicted molar refractivity (Wildman–Crippen MR) is 131 cm³/mol. The number of aromatic nitrogens is 1. The third kappa shape index (κ3) is 4.45. The van der Waals surface area contributed by atoms with Crippen molar-refractivity contribution in [1.82, 2.24) is 4.98 Å². The average Bonchev–Trinajstić information content (AvgIpc) is 2.85. The zero-order valence-corrected chi connectivity index (χ0v) is 19.9. The maximum Gasteiger partial charge on any atom is 0.342 e. The largest absolute Gasteiger partial charge is 0.462 e. The van der Waals surface area contributed by atoms with Crippen LogP contribution in [0.5, 0.6) is 0 Å². The lowest BCUT2D eigenvalue weighted by molar-refractivity contribution is -0.383. The molecule has 1 aromatic carbocycles. The van der Waals surface area contributed by atoms with Gasteiger partial charge in [-0.25, -0.2) is 9.78 Å². The van der Waals surface area contributed by atoms with E-state index in [9.17, 15) is 20.0 Å². The highest BCUT2D eigenvalue weighted by Crippen LogP contribution is 2.60. The van der Waals surface area contributed by atoms with Crippen LogP contribution in [0.4, 0.5) is 17.2 Å². The number of hydrogen-bond donors (Lipinski definition) is 3. The summed E-state index contributed by atoms with van der Waals surface area (Å²) in [6.45, 7) is 2.42. The van der Waals surface area contributed by atoms with Gasteiger partial charge in [-0.15, -0.1) is 0 Å². The van der Waals surface area contributed by atoms with E-state index in [2.05, 4.69) is 15.6 Å². The number of nitro groups is 1. The van der Waals surface area contributed by atoms with Gasteiger partial charge in [0.05, 0.1) is 11.5 Å². The number of esters is 1. The van der Waals surface area contributed by atoms with Gasteiger partial charge in [-0.3, -0.25) is 10.1 Å². The molecule has 1 heterocycles. The minimum absolute atomic E-state index is 0.00229. The van der Waals surface area contributed by atoms with E-state index < -0.39 is 10.9 Å². The van der Waals surface area contributed by atoms with Crippen LogP contribution in [0.3, 0.4) is 0 Å². The number of aliphatic hydroxyl groups excluding tert-OH is 1. The molecule has 0 radical (unpaired) electrons. The SMILES string of the molecule is CCOC(=O)c1cnc(NCc2ccccc2)c([N+](=O)[O-])c1NC1C2CC3CC1CC(CO)(C3)C2. The Morgan fingerprint density at radius 3 is 2.57 bits per heavy atom. The van der Waals surface area contributed by atoms with Crippen LogP contribution in [-0.4, -0.2) is 40.2 Å². The fourth-order valence-corrected chi connectivity index (χ4v) is 6.89. The molecule has 0 amide bonds. The molecule has 4 fully saturated rings. The van der Waals surface area contributed by atoms with Crippen LogP contribution in [0.15, 0.2) is 36.5 Å². The standard InChI is InChI=1S/C26H32N4O5/c1-2-35-25(32)20-14-28-24(27-13-16-6-4-3-5-7-16)23(30(33)34)22(20)29-21-18-8-17-9-19(21)12-26(10-17,11-18)15-31/h3-7,14,17-19,21,31H,2,8-13,15H2,1H3,(H2,27,28,29). The molecule has 2 aromatic rings. The molecule has 3 N–H and O–H groups in total. The summed E-state index contributed by atoms with van der Waals surface area (Å²) in [6, 6.07) is 9.57. The van der Waals surface area contributed by atoms with E-state index in [1.54, 1.807) is 6.92 Å². The van der Waals surface area contributed by atoms with E-state index in [0.717, 1.165) is 37.7 Å². The van der Waals surface area contributed by atoms with Crippen molar-refractivity contribution in [3.8, 4) is 0 Å². The van der Waals surface area contributed by atoms with Crippen molar-refractivity contribution >= 4 is 23.2 Å². The third-order valence-corrected chi connectivity index (χ3v) is 8.08. The molecule has 2 atom stereocenters. The van der Waals surface area contributed by atoms with Crippen molar-refractivity contribution in [2.45, 2.75) is 51.6 Å². The number of carbonyl (C=O) groups excluding carboxylic acids is 1. The van der Waals surface area contributed by atoms with E-state index in [0.29, 0.717) is 24.3 Å². The second-order valence-electron chi connectivity index (χ2n) is 10.4. The number of carbonyl (C=O) groups is 1. The van der Waals surface area contributed by atoms with Gasteiger partial charge in [0, 0.05) is 25.4 Å². The van der Waals surface area contributed by atoms with E-state index >= 15 is 0 Å². The molecule has 4 aliphatic rings. The number of benzene rings is 1. The van der Waals surface area contributed by atoms with E-state index in [4.69, 9.17) is 4.74 Å². The smallest absolute Gasteiger partial charge is 0.342 e. The first-order valence-corrected chi connectivity index (χ1v) is 12.4. The molecule has 6 rings (SSSR count). The Bertz CT molecular complexity index is 1090. The highest BCUT2D eigenvalue weighted by atomic mass is 16.6. The van der Waals surface area contributed by atoms with Crippen LogP contribution in [0, 0.1) is 33.3 Å². The monoisotopic (exact) mass is 480 g/mol. The van der Waals surface area contributed by atoms with Gasteiger partial charge in [-0.1, -0.05) is 30.3 Å². The van der Waals surface area contributed by atoms with Gasteiger partial charge < -0.3 is 20.5 Å². The van der Waals surface area contributed by atoms with Gasteiger partial charge in [0.2, 0.25) is 5.82 Å². The summed E-state index contributed by atoms with van der Waals surface area (Å²) < 4.78 is 5.22. The molecule has 4 saturated carbocycles. The summed E-state index contributed by atoms with van der Waals surface area (Å²) in [5, 5.41) is 29.0. The fraction of sp³-hybridized carbons (Fsp3) is 0.538. The summed E-state index contributed by atoms with van der Waals surface area (Å²) in [7, 11) is 0. The van der Waals surface area contributed by atoms with Crippen LogP contribution < -0.4 is 10.6 Å². The number of nitrogens with zero attached hydrogens (tertiary/aromatic N) is 2. The highest BCUT2D eigenvalue weighted by Gasteiger charge is 2.55. The molecule has 0 aliphatic heterocycles. The molecule has 1 aromatic heterocycles. The van der Waals surface area contributed by atoms with Crippen molar-refractivity contribution in [2.75, 3.05) is 23.8 Å². The maximum atomic E-state index is 12.8. The first kappa shape index (κ1) is 23.5. The quantitative estimate of drug-likeness (QED) is 0.274. The predicted octanol–water partition coefficient (Wildman–Crippen LogP) is 4.38. The number of anilines is 2. The number of rotatable bonds is 9. The number of hydrogen-bond acceptors (Lipinski definition) is 8. The zero-order valence-electron chi connectivity index (χ0n) is 19.9. The molecule has 4 aliphatic carbocycles. The van der Waals surface area contributed by atoms with Gasteiger partial charge in [0.15, 0.2) is 0 Å². The summed E-state index contributed by atoms with van der Waals surface area (Å²) in [5.74, 6) is 0.688. The topological polar surface area (TPSA) is 127 Å². The minimum atomic E-state index is -0.629. The molecule has 4 bridgehead atoms. The number of nitrogens with one attached hydrogen (secondary N) is 2. The summed E-state index contributed by atoms with van der Waals surface area (Å²) in [5.41, 5.74) is 0.953. The van der Waals surface area contributed by atoms with Crippen molar-refractivity contribution in [1.29, 1.82) is 0 Å². The molecule has 0 spiro atoms. The Labute approximate surface area is 204 Å². The number of pyridine rings is 1. The Hall–Kier alpha value is -3.20. The Balaban J connectivity index is 1.50. The lowest BCUT2D eigenvalue weighted by Crippen LogP contribution is -2.57. The van der Waals surface area contributed by atoms with Gasteiger partial charge in [-0.2, -0.15) is 0 Å². The normalized spacial score (nSPS) is 28.5. The van der Waals surface area contributed by atoms with Crippen molar-refractivity contribution < 1.29 is 19.6 Å². The Morgan fingerprint density at radius 2 is 1.94 bits per heavy atom. The molecule has 9 heteroatoms. The fourth-order valence-electron chi connectivity index (χ4n) is 6.89. The van der Waals surface area contributed by atoms with E-state index in [1.165, 1.54) is 6.20 Å². The molecular formula is C26H32N4O5. The molecule has 186 valence electrons. The molecule has 0 saturated heterocycles. The highest BCUT2D eigenvalue weighted by molar-refractivity contribution is 5.99. The van der Waals surface area contributed by atoms with Gasteiger partial charge in [0.25, 0.3) is 0 Å². The van der Waals surface area contributed by atoms with Crippen LogP contribution in [-0.2, 0) is 11.3 Å². The Morgan fingerprint density at radius 1 is 1.23 bits per heavy atom. The molecule has 35 heavy (non-hydrogen) atoms.